The molecule has 0 N–H and O–H groups in total. The monoisotopic (exact) mass is 353 g/mol. The normalized spacial score (nSPS) is 27.0. The van der Waals surface area contributed by atoms with E-state index in [-0.39, 0.29) is 0 Å². The van der Waals surface area contributed by atoms with Gasteiger partial charge < -0.3 is 14.2 Å². The lowest BCUT2D eigenvalue weighted by Crippen LogP contribution is -2.48. The molecule has 5 rings (SSSR count). The van der Waals surface area contributed by atoms with Gasteiger partial charge >= 0.3 is 0 Å². The molecule has 2 aromatic rings. The van der Waals surface area contributed by atoms with Crippen LogP contribution in [0.5, 0.6) is 0 Å². The van der Waals surface area contributed by atoms with Gasteiger partial charge in [-0.1, -0.05) is 35.5 Å². The molecule has 2 aliphatic heterocycles. The highest BCUT2D eigenvalue weighted by Gasteiger charge is 2.37. The molecular formula is C21H27N3O2. The van der Waals surface area contributed by atoms with Gasteiger partial charge in [-0.25, -0.2) is 0 Å². The average molecular weight is 353 g/mol. The highest BCUT2D eigenvalue weighted by atomic mass is 16.5. The van der Waals surface area contributed by atoms with Crippen molar-refractivity contribution in [1.29, 1.82) is 0 Å². The SMILES string of the molecule is CN1CCN2CC(OCc3c(-c4ccccc4)noc3C3CC3)CC2C1. The van der Waals surface area contributed by atoms with Crippen molar-refractivity contribution >= 4 is 0 Å². The Labute approximate surface area is 154 Å². The Kier molecular flexibility index (Phi) is 4.31. The molecule has 1 aromatic heterocycles. The molecule has 5 heteroatoms. The molecule has 2 atom stereocenters. The van der Waals surface area contributed by atoms with E-state index < -0.39 is 0 Å². The van der Waals surface area contributed by atoms with Gasteiger partial charge in [-0.05, 0) is 26.3 Å². The van der Waals surface area contributed by atoms with Crippen LogP contribution in [0, 0.1) is 0 Å². The minimum atomic E-state index is 0.317. The number of likely N-dealkylation sites (N-methyl/N-ethyl adjacent to an activating group) is 1. The quantitative estimate of drug-likeness (QED) is 0.826. The Morgan fingerprint density at radius 2 is 2.00 bits per heavy atom. The van der Waals surface area contributed by atoms with E-state index in [1.165, 1.54) is 24.9 Å². The molecule has 2 saturated heterocycles. The number of hydrogen-bond acceptors (Lipinski definition) is 5. The largest absolute Gasteiger partial charge is 0.372 e. The molecule has 3 aliphatic rings. The molecule has 5 nitrogen and oxygen atoms in total. The zero-order valence-corrected chi connectivity index (χ0v) is 15.4. The fourth-order valence-corrected chi connectivity index (χ4v) is 4.42. The molecule has 138 valence electrons. The van der Waals surface area contributed by atoms with Crippen LogP contribution in [0.1, 0.15) is 36.5 Å². The molecular weight excluding hydrogens is 326 g/mol. The highest BCUT2D eigenvalue weighted by Crippen LogP contribution is 2.44. The van der Waals surface area contributed by atoms with Gasteiger partial charge in [-0.3, -0.25) is 4.90 Å². The Balaban J connectivity index is 1.32. The highest BCUT2D eigenvalue weighted by molar-refractivity contribution is 5.63. The lowest BCUT2D eigenvalue weighted by Gasteiger charge is -2.34. The third-order valence-electron chi connectivity index (χ3n) is 6.06. The fraction of sp³-hybridized carbons (Fsp3) is 0.571. The summed E-state index contributed by atoms with van der Waals surface area (Å²) in [5.41, 5.74) is 3.25. The third-order valence-corrected chi connectivity index (χ3v) is 6.06. The first-order valence-electron chi connectivity index (χ1n) is 9.86. The van der Waals surface area contributed by atoms with Crippen molar-refractivity contribution in [2.45, 2.75) is 43.9 Å². The number of hydrogen-bond donors (Lipinski definition) is 0. The summed E-state index contributed by atoms with van der Waals surface area (Å²) >= 11 is 0. The van der Waals surface area contributed by atoms with Gasteiger partial charge in [0, 0.05) is 49.3 Å². The predicted molar refractivity (Wildman–Crippen MR) is 100.0 cm³/mol. The molecule has 1 aliphatic carbocycles. The first kappa shape index (κ1) is 16.5. The first-order valence-corrected chi connectivity index (χ1v) is 9.86. The number of fused-ring (bicyclic) bond motifs is 1. The van der Waals surface area contributed by atoms with Gasteiger partial charge in [0.15, 0.2) is 0 Å². The van der Waals surface area contributed by atoms with Crippen LogP contribution in [0.4, 0.5) is 0 Å². The second-order valence-corrected chi connectivity index (χ2v) is 8.09. The van der Waals surface area contributed by atoms with Gasteiger partial charge in [0.25, 0.3) is 0 Å². The predicted octanol–water partition coefficient (Wildman–Crippen LogP) is 3.12. The minimum Gasteiger partial charge on any atom is -0.372 e. The van der Waals surface area contributed by atoms with Gasteiger partial charge in [-0.2, -0.15) is 0 Å². The number of rotatable bonds is 5. The van der Waals surface area contributed by atoms with Crippen LogP contribution in [0.3, 0.4) is 0 Å². The molecule has 1 aromatic carbocycles. The van der Waals surface area contributed by atoms with Crippen molar-refractivity contribution in [3.05, 3.63) is 41.7 Å². The number of ether oxygens (including phenoxy) is 1. The lowest BCUT2D eigenvalue weighted by atomic mass is 10.0. The van der Waals surface area contributed by atoms with Crippen molar-refractivity contribution in [1.82, 2.24) is 15.0 Å². The first-order chi connectivity index (χ1) is 12.8. The molecule has 0 bridgehead atoms. The topological polar surface area (TPSA) is 41.7 Å². The van der Waals surface area contributed by atoms with Crippen LogP contribution >= 0.6 is 0 Å². The Morgan fingerprint density at radius 3 is 2.81 bits per heavy atom. The summed E-state index contributed by atoms with van der Waals surface area (Å²) in [7, 11) is 2.22. The number of piperazine rings is 1. The minimum absolute atomic E-state index is 0.317. The van der Waals surface area contributed by atoms with Gasteiger partial charge in [0.1, 0.15) is 11.5 Å². The van der Waals surface area contributed by atoms with Crippen molar-refractivity contribution in [3.63, 3.8) is 0 Å². The second kappa shape index (κ2) is 6.80. The van der Waals surface area contributed by atoms with Crippen LogP contribution in [0.15, 0.2) is 34.9 Å². The standard InChI is InChI=1S/C21H27N3O2/c1-23-9-10-24-13-18(11-17(24)12-23)25-14-19-20(15-5-3-2-4-6-15)22-26-21(19)16-7-8-16/h2-6,16-18H,7-14H2,1H3. The fourth-order valence-electron chi connectivity index (χ4n) is 4.42. The summed E-state index contributed by atoms with van der Waals surface area (Å²) in [5.74, 6) is 1.60. The van der Waals surface area contributed by atoms with Crippen molar-refractivity contribution < 1.29 is 9.26 Å². The molecule has 0 spiro atoms. The van der Waals surface area contributed by atoms with Crippen molar-refractivity contribution in [3.8, 4) is 11.3 Å². The Hall–Kier alpha value is -1.69. The molecule has 2 unspecified atom stereocenters. The Morgan fingerprint density at radius 1 is 1.15 bits per heavy atom. The van der Waals surface area contributed by atoms with Gasteiger partial charge in [0.05, 0.1) is 12.7 Å². The average Bonchev–Trinajstić information content (AvgIpc) is 3.29. The van der Waals surface area contributed by atoms with E-state index in [2.05, 4.69) is 46.3 Å². The molecule has 1 saturated carbocycles. The van der Waals surface area contributed by atoms with Crippen molar-refractivity contribution in [2.75, 3.05) is 33.2 Å². The molecule has 3 heterocycles. The summed E-state index contributed by atoms with van der Waals surface area (Å²) in [4.78, 5) is 5.03. The van der Waals surface area contributed by atoms with Crippen LogP contribution in [0.25, 0.3) is 11.3 Å². The van der Waals surface area contributed by atoms with E-state index in [1.807, 2.05) is 6.07 Å². The second-order valence-electron chi connectivity index (χ2n) is 8.09. The molecule has 3 fully saturated rings. The van der Waals surface area contributed by atoms with Gasteiger partial charge in [-0.15, -0.1) is 0 Å². The summed E-state index contributed by atoms with van der Waals surface area (Å²) in [6.45, 7) is 5.16. The van der Waals surface area contributed by atoms with Crippen LogP contribution in [-0.4, -0.2) is 60.3 Å². The maximum absolute atomic E-state index is 6.40. The molecule has 0 radical (unpaired) electrons. The van der Waals surface area contributed by atoms with Crippen LogP contribution in [0.2, 0.25) is 0 Å². The van der Waals surface area contributed by atoms with E-state index in [4.69, 9.17) is 9.26 Å². The summed E-state index contributed by atoms with van der Waals surface area (Å²) in [6.07, 6.45) is 3.87. The maximum Gasteiger partial charge on any atom is 0.145 e. The Bertz CT molecular complexity index is 756. The zero-order valence-electron chi connectivity index (χ0n) is 15.4. The van der Waals surface area contributed by atoms with E-state index in [1.54, 1.807) is 0 Å². The van der Waals surface area contributed by atoms with Crippen LogP contribution < -0.4 is 0 Å². The van der Waals surface area contributed by atoms with Gasteiger partial charge in [0.2, 0.25) is 0 Å². The number of nitrogens with zero attached hydrogens (tertiary/aromatic N) is 3. The summed E-state index contributed by atoms with van der Waals surface area (Å²) in [5, 5.41) is 4.40. The maximum atomic E-state index is 6.40. The van der Waals surface area contributed by atoms with E-state index in [0.29, 0.717) is 24.7 Å². The number of aromatic nitrogens is 1. The summed E-state index contributed by atoms with van der Waals surface area (Å²) < 4.78 is 12.1. The third kappa shape index (κ3) is 3.20. The van der Waals surface area contributed by atoms with E-state index >= 15 is 0 Å². The summed E-state index contributed by atoms with van der Waals surface area (Å²) in [6, 6.07) is 11.0. The van der Waals surface area contributed by atoms with E-state index in [9.17, 15) is 0 Å². The molecule has 0 amide bonds. The zero-order chi connectivity index (χ0) is 17.5. The van der Waals surface area contributed by atoms with E-state index in [0.717, 1.165) is 43.1 Å². The lowest BCUT2D eigenvalue weighted by molar-refractivity contribution is 0.0457. The smallest absolute Gasteiger partial charge is 0.145 e. The van der Waals surface area contributed by atoms with Crippen molar-refractivity contribution in [2.24, 2.45) is 0 Å². The number of benzene rings is 1. The molecule has 26 heavy (non-hydrogen) atoms. The van der Waals surface area contributed by atoms with Crippen LogP contribution in [-0.2, 0) is 11.3 Å².